The third kappa shape index (κ3) is 10.3. The van der Waals surface area contributed by atoms with Crippen LogP contribution in [0.4, 0.5) is 4.79 Å². The van der Waals surface area contributed by atoms with E-state index in [0.29, 0.717) is 13.1 Å². The molecule has 0 aliphatic rings. The predicted octanol–water partition coefficient (Wildman–Crippen LogP) is 4.88. The van der Waals surface area contributed by atoms with Crippen molar-refractivity contribution in [1.29, 1.82) is 0 Å². The van der Waals surface area contributed by atoms with Gasteiger partial charge in [-0.05, 0) is 53.0 Å². The van der Waals surface area contributed by atoms with Gasteiger partial charge >= 0.3 is 6.09 Å². The Morgan fingerprint density at radius 1 is 1.06 bits per heavy atom. The average Bonchev–Trinajstić information content (AvgIpc) is 2.71. The largest absolute Gasteiger partial charge is 0.444 e. The van der Waals surface area contributed by atoms with E-state index in [-0.39, 0.29) is 11.8 Å². The summed E-state index contributed by atoms with van der Waals surface area (Å²) in [5.74, 6) is -0.516. The molecule has 3 amide bonds. The van der Waals surface area contributed by atoms with Crippen LogP contribution in [0.25, 0.3) is 0 Å². The molecule has 0 radical (unpaired) electrons. The zero-order valence-electron chi connectivity index (χ0n) is 21.5. The Bertz CT molecular complexity index is 773. The van der Waals surface area contributed by atoms with Crippen molar-refractivity contribution in [2.24, 2.45) is 0 Å². The van der Waals surface area contributed by atoms with Gasteiger partial charge in [-0.2, -0.15) is 0 Å². The van der Waals surface area contributed by atoms with Gasteiger partial charge in [-0.3, -0.25) is 9.59 Å². The number of hydrogen-bond donors (Lipinski definition) is 2. The summed E-state index contributed by atoms with van der Waals surface area (Å²) < 4.78 is 5.31. The first-order valence-corrected chi connectivity index (χ1v) is 12.1. The normalized spacial score (nSPS) is 13.1. The maximum absolute atomic E-state index is 13.5. The number of alkyl carbamates (subject to hydrolysis) is 1. The van der Waals surface area contributed by atoms with Crippen LogP contribution < -0.4 is 10.6 Å². The fourth-order valence-corrected chi connectivity index (χ4v) is 3.49. The lowest BCUT2D eigenvalue weighted by Gasteiger charge is -2.34. The quantitative estimate of drug-likeness (QED) is 0.434. The number of hydrogen-bond acceptors (Lipinski definition) is 4. The fourth-order valence-electron chi connectivity index (χ4n) is 3.49. The van der Waals surface area contributed by atoms with Gasteiger partial charge < -0.3 is 20.3 Å². The van der Waals surface area contributed by atoms with Gasteiger partial charge in [0.1, 0.15) is 17.7 Å². The molecule has 0 saturated heterocycles. The lowest BCUT2D eigenvalue weighted by Crippen LogP contribution is -2.52. The summed E-state index contributed by atoms with van der Waals surface area (Å²) in [6.07, 6.45) is 3.88. The van der Waals surface area contributed by atoms with E-state index >= 15 is 0 Å². The van der Waals surface area contributed by atoms with Crippen molar-refractivity contribution in [1.82, 2.24) is 15.5 Å². The van der Waals surface area contributed by atoms with Crippen LogP contribution in [0.2, 0.25) is 0 Å². The van der Waals surface area contributed by atoms with E-state index in [4.69, 9.17) is 4.74 Å². The van der Waals surface area contributed by atoms with Gasteiger partial charge in [0.2, 0.25) is 11.8 Å². The summed E-state index contributed by atoms with van der Waals surface area (Å²) in [5, 5.41) is 5.63. The zero-order chi connectivity index (χ0) is 25.0. The predicted molar refractivity (Wildman–Crippen MR) is 132 cm³/mol. The van der Waals surface area contributed by atoms with Crippen molar-refractivity contribution in [3.05, 3.63) is 35.4 Å². The molecule has 2 atom stereocenters. The van der Waals surface area contributed by atoms with Gasteiger partial charge in [-0.15, -0.1) is 0 Å². The fraction of sp³-hybridized carbons (Fsp3) is 0.654. The topological polar surface area (TPSA) is 87.7 Å². The minimum Gasteiger partial charge on any atom is -0.444 e. The van der Waals surface area contributed by atoms with E-state index < -0.39 is 23.8 Å². The van der Waals surface area contributed by atoms with Gasteiger partial charge in [0.25, 0.3) is 0 Å². The van der Waals surface area contributed by atoms with E-state index in [9.17, 15) is 14.4 Å². The van der Waals surface area contributed by atoms with E-state index in [1.807, 2.05) is 31.2 Å². The van der Waals surface area contributed by atoms with Crippen molar-refractivity contribution in [2.75, 3.05) is 13.1 Å². The van der Waals surface area contributed by atoms with Crippen molar-refractivity contribution in [2.45, 2.75) is 98.3 Å². The molecule has 7 nitrogen and oxygen atoms in total. The van der Waals surface area contributed by atoms with Crippen molar-refractivity contribution < 1.29 is 19.1 Å². The van der Waals surface area contributed by atoms with Crippen molar-refractivity contribution >= 4 is 17.9 Å². The molecule has 0 heterocycles. The Labute approximate surface area is 199 Å². The maximum atomic E-state index is 13.5. The maximum Gasteiger partial charge on any atom is 0.408 e. The molecule has 0 aliphatic carbocycles. The van der Waals surface area contributed by atoms with E-state index in [2.05, 4.69) is 24.5 Å². The molecule has 2 N–H and O–H groups in total. The summed E-state index contributed by atoms with van der Waals surface area (Å²) in [6, 6.07) is 6.07. The first-order chi connectivity index (χ1) is 15.5. The number of nitrogens with one attached hydrogen (secondary N) is 2. The molecule has 0 spiro atoms. The third-order valence-corrected chi connectivity index (χ3v) is 5.14. The highest BCUT2D eigenvalue weighted by molar-refractivity contribution is 5.92. The first-order valence-electron chi connectivity index (χ1n) is 12.1. The molecule has 0 fully saturated rings. The number of carbonyl (C=O) groups is 3. The number of rotatable bonds is 12. The first kappa shape index (κ1) is 28.5. The highest BCUT2D eigenvalue weighted by Crippen LogP contribution is 2.24. The number of amides is 3. The Balaban J connectivity index is 3.24. The summed E-state index contributed by atoms with van der Waals surface area (Å²) >= 11 is 0. The molecule has 0 saturated carbocycles. The van der Waals surface area contributed by atoms with Gasteiger partial charge in [0, 0.05) is 13.1 Å². The lowest BCUT2D eigenvalue weighted by atomic mass is 10.0. The monoisotopic (exact) mass is 461 g/mol. The van der Waals surface area contributed by atoms with Crippen molar-refractivity contribution in [3.8, 4) is 0 Å². The SMILES string of the molecule is CCCCCN(C(=O)C(C)NC(=O)OC(C)(C)C)C(C(=O)NCCCC)c1cccc(C)c1. The lowest BCUT2D eigenvalue weighted by molar-refractivity contribution is -0.142. The van der Waals surface area contributed by atoms with E-state index in [1.54, 1.807) is 32.6 Å². The number of benzene rings is 1. The molecule has 0 aromatic heterocycles. The second-order valence-corrected chi connectivity index (χ2v) is 9.57. The van der Waals surface area contributed by atoms with E-state index in [0.717, 1.165) is 43.2 Å². The molecule has 186 valence electrons. The highest BCUT2D eigenvalue weighted by atomic mass is 16.6. The Kier molecular flexibility index (Phi) is 12.0. The van der Waals surface area contributed by atoms with Crippen LogP contribution in [0.1, 0.15) is 90.8 Å². The summed E-state index contributed by atoms with van der Waals surface area (Å²) in [4.78, 5) is 40.7. The third-order valence-electron chi connectivity index (χ3n) is 5.14. The molecule has 1 aromatic rings. The summed E-state index contributed by atoms with van der Waals surface area (Å²) in [7, 11) is 0. The number of unbranched alkanes of at least 4 members (excludes halogenated alkanes) is 3. The smallest absolute Gasteiger partial charge is 0.408 e. The minimum atomic E-state index is -0.836. The molecule has 0 aliphatic heterocycles. The van der Waals surface area contributed by atoms with Crippen LogP contribution >= 0.6 is 0 Å². The highest BCUT2D eigenvalue weighted by Gasteiger charge is 2.34. The second kappa shape index (κ2) is 13.9. The van der Waals surface area contributed by atoms with Gasteiger partial charge in [-0.25, -0.2) is 4.79 Å². The Morgan fingerprint density at radius 3 is 2.30 bits per heavy atom. The Hall–Kier alpha value is -2.57. The van der Waals surface area contributed by atoms with Crippen LogP contribution in [0.15, 0.2) is 24.3 Å². The minimum absolute atomic E-state index is 0.205. The van der Waals surface area contributed by atoms with Crippen LogP contribution in [0.3, 0.4) is 0 Å². The second-order valence-electron chi connectivity index (χ2n) is 9.57. The molecular formula is C26H43N3O4. The van der Waals surface area contributed by atoms with E-state index in [1.165, 1.54) is 0 Å². The molecule has 2 unspecified atom stereocenters. The molecule has 1 aromatic carbocycles. The number of carbonyl (C=O) groups excluding carboxylic acids is 3. The van der Waals surface area contributed by atoms with Crippen LogP contribution in [0, 0.1) is 6.92 Å². The van der Waals surface area contributed by atoms with Gasteiger partial charge in [0.05, 0.1) is 0 Å². The Morgan fingerprint density at radius 2 is 1.73 bits per heavy atom. The number of aryl methyl sites for hydroxylation is 1. The zero-order valence-corrected chi connectivity index (χ0v) is 21.5. The number of ether oxygens (including phenoxy) is 1. The standard InChI is InChI=1S/C26H43N3O4/c1-8-10-12-17-29(24(31)20(4)28-25(32)33-26(5,6)7)22(23(30)27-16-11-9-2)21-15-13-14-19(3)18-21/h13-15,18,20,22H,8-12,16-17H2,1-7H3,(H,27,30)(H,28,32). The molecule has 33 heavy (non-hydrogen) atoms. The average molecular weight is 462 g/mol. The summed E-state index contributed by atoms with van der Waals surface area (Å²) in [5.41, 5.74) is 1.11. The molecular weight excluding hydrogens is 418 g/mol. The molecule has 0 bridgehead atoms. The van der Waals surface area contributed by atoms with Gasteiger partial charge in [0.15, 0.2) is 0 Å². The molecule has 1 rings (SSSR count). The summed E-state index contributed by atoms with van der Waals surface area (Å²) in [6.45, 7) is 14.0. The van der Waals surface area contributed by atoms with Crippen LogP contribution in [-0.4, -0.2) is 47.5 Å². The van der Waals surface area contributed by atoms with Crippen molar-refractivity contribution in [3.63, 3.8) is 0 Å². The molecule has 7 heteroatoms. The number of nitrogens with zero attached hydrogens (tertiary/aromatic N) is 1. The van der Waals surface area contributed by atoms with Gasteiger partial charge in [-0.1, -0.05) is 62.9 Å². The van der Waals surface area contributed by atoms with Crippen LogP contribution in [-0.2, 0) is 14.3 Å². The van der Waals surface area contributed by atoms with Crippen LogP contribution in [0.5, 0.6) is 0 Å².